The predicted octanol–water partition coefficient (Wildman–Crippen LogP) is 1.03. The number of carbonyl (C=O) groups is 1. The molecule has 0 heterocycles. The van der Waals surface area contributed by atoms with Crippen LogP contribution in [0.25, 0.3) is 0 Å². The molecule has 4 N–H and O–H groups in total. The Labute approximate surface area is 126 Å². The van der Waals surface area contributed by atoms with Gasteiger partial charge in [-0.25, -0.2) is 13.6 Å². The summed E-state index contributed by atoms with van der Waals surface area (Å²) in [4.78, 5) is 11.7. The zero-order chi connectivity index (χ0) is 14.8. The van der Waals surface area contributed by atoms with E-state index in [-0.39, 0.29) is 17.3 Å². The van der Waals surface area contributed by atoms with Crippen molar-refractivity contribution in [1.82, 2.24) is 5.32 Å². The zero-order valence-corrected chi connectivity index (χ0v) is 13.1. The van der Waals surface area contributed by atoms with Crippen LogP contribution in [0, 0.1) is 5.92 Å². The Hall–Kier alpha value is -0.960. The Morgan fingerprint density at radius 2 is 2.10 bits per heavy atom. The van der Waals surface area contributed by atoms with Gasteiger partial charge >= 0.3 is 0 Å². The fourth-order valence-electron chi connectivity index (χ4n) is 1.68. The molecule has 0 radical (unpaired) electrons. The molecule has 0 bridgehead atoms. The average Bonchev–Trinajstić information content (AvgIpc) is 3.14. The first-order chi connectivity index (χ1) is 9.36. The van der Waals surface area contributed by atoms with E-state index in [0.717, 1.165) is 6.54 Å². The Bertz CT molecular complexity index is 614. The number of amides is 1. The van der Waals surface area contributed by atoms with Gasteiger partial charge in [-0.15, -0.1) is 0 Å². The molecule has 0 aliphatic heterocycles. The monoisotopic (exact) mass is 361 g/mol. The van der Waals surface area contributed by atoms with Gasteiger partial charge in [0.2, 0.25) is 15.9 Å². The summed E-state index contributed by atoms with van der Waals surface area (Å²) < 4.78 is 22.9. The molecular weight excluding hydrogens is 346 g/mol. The highest BCUT2D eigenvalue weighted by atomic mass is 79.9. The lowest BCUT2D eigenvalue weighted by molar-refractivity contribution is -0.115. The topological polar surface area (TPSA) is 101 Å². The predicted molar refractivity (Wildman–Crippen MR) is 79.7 cm³/mol. The molecule has 20 heavy (non-hydrogen) atoms. The number of hydrogen-bond donors (Lipinski definition) is 3. The molecule has 0 spiro atoms. The van der Waals surface area contributed by atoms with Gasteiger partial charge in [0, 0.05) is 4.47 Å². The van der Waals surface area contributed by atoms with Gasteiger partial charge in [-0.2, -0.15) is 0 Å². The normalized spacial score (nSPS) is 15.1. The summed E-state index contributed by atoms with van der Waals surface area (Å²) in [5.41, 5.74) is 0.510. The van der Waals surface area contributed by atoms with Crippen molar-refractivity contribution in [3.8, 4) is 0 Å². The van der Waals surface area contributed by atoms with Crippen molar-refractivity contribution < 1.29 is 13.2 Å². The number of anilines is 1. The second kappa shape index (κ2) is 6.21. The van der Waals surface area contributed by atoms with Crippen LogP contribution in [-0.2, 0) is 14.8 Å². The van der Waals surface area contributed by atoms with Crippen molar-refractivity contribution in [3.05, 3.63) is 22.7 Å². The first-order valence-electron chi connectivity index (χ1n) is 6.19. The number of rotatable bonds is 6. The van der Waals surface area contributed by atoms with Gasteiger partial charge < -0.3 is 10.6 Å². The number of primary sulfonamides is 1. The molecule has 0 atom stereocenters. The first kappa shape index (κ1) is 15.4. The van der Waals surface area contributed by atoms with Crippen LogP contribution in [0.5, 0.6) is 0 Å². The zero-order valence-electron chi connectivity index (χ0n) is 10.7. The summed E-state index contributed by atoms with van der Waals surface area (Å²) in [5.74, 6) is 0.540. The minimum Gasteiger partial charge on any atom is -0.324 e. The summed E-state index contributed by atoms with van der Waals surface area (Å²) in [6, 6.07) is 4.22. The fraction of sp³-hybridized carbons (Fsp3) is 0.417. The second-order valence-electron chi connectivity index (χ2n) is 4.81. The van der Waals surface area contributed by atoms with E-state index in [1.54, 1.807) is 0 Å². The molecule has 6 nitrogen and oxygen atoms in total. The van der Waals surface area contributed by atoms with Crippen LogP contribution in [0.15, 0.2) is 27.6 Å². The third-order valence-electron chi connectivity index (χ3n) is 2.96. The van der Waals surface area contributed by atoms with Crippen LogP contribution in [0.4, 0.5) is 5.69 Å². The van der Waals surface area contributed by atoms with Gasteiger partial charge in [-0.3, -0.25) is 4.79 Å². The van der Waals surface area contributed by atoms with Crippen LogP contribution in [0.3, 0.4) is 0 Å². The molecule has 110 valence electrons. The third kappa shape index (κ3) is 4.55. The molecule has 1 aliphatic carbocycles. The van der Waals surface area contributed by atoms with Crippen LogP contribution in [0.1, 0.15) is 12.8 Å². The maximum Gasteiger partial charge on any atom is 0.238 e. The molecule has 1 amide bonds. The van der Waals surface area contributed by atoms with Crippen LogP contribution < -0.4 is 15.8 Å². The summed E-state index contributed by atoms with van der Waals surface area (Å²) in [6.07, 6.45) is 2.46. The highest BCUT2D eigenvalue weighted by molar-refractivity contribution is 9.10. The van der Waals surface area contributed by atoms with Crippen molar-refractivity contribution in [1.29, 1.82) is 0 Å². The smallest absolute Gasteiger partial charge is 0.238 e. The minimum absolute atomic E-state index is 0.00534. The Kier molecular flexibility index (Phi) is 4.79. The number of hydrogen-bond acceptors (Lipinski definition) is 4. The van der Waals surface area contributed by atoms with Crippen molar-refractivity contribution in [2.24, 2.45) is 11.1 Å². The van der Waals surface area contributed by atoms with E-state index in [4.69, 9.17) is 5.14 Å². The van der Waals surface area contributed by atoms with Gasteiger partial charge in [0.05, 0.1) is 17.1 Å². The molecule has 1 aromatic carbocycles. The van der Waals surface area contributed by atoms with Crippen LogP contribution >= 0.6 is 15.9 Å². The lowest BCUT2D eigenvalue weighted by Crippen LogP contribution is -2.29. The van der Waals surface area contributed by atoms with Gasteiger partial charge in [0.25, 0.3) is 0 Å². The van der Waals surface area contributed by atoms with E-state index in [9.17, 15) is 13.2 Å². The second-order valence-corrected chi connectivity index (χ2v) is 7.22. The number of sulfonamides is 1. The molecule has 2 rings (SSSR count). The SMILES string of the molecule is NS(=O)(=O)c1ccc(NC(=O)CNCC2CC2)c(Br)c1. The Morgan fingerprint density at radius 3 is 2.65 bits per heavy atom. The molecular formula is C12H16BrN3O3S. The highest BCUT2D eigenvalue weighted by Gasteiger charge is 2.20. The first-order valence-corrected chi connectivity index (χ1v) is 8.53. The van der Waals surface area contributed by atoms with Gasteiger partial charge in [0.15, 0.2) is 0 Å². The maximum absolute atomic E-state index is 11.7. The van der Waals surface area contributed by atoms with E-state index < -0.39 is 10.0 Å². The molecule has 1 fully saturated rings. The summed E-state index contributed by atoms with van der Waals surface area (Å²) in [6.45, 7) is 1.10. The molecule has 0 saturated heterocycles. The molecule has 8 heteroatoms. The van der Waals surface area contributed by atoms with E-state index >= 15 is 0 Å². The lowest BCUT2D eigenvalue weighted by atomic mass is 10.3. The fourth-order valence-corrected chi connectivity index (χ4v) is 2.85. The summed E-state index contributed by atoms with van der Waals surface area (Å²) >= 11 is 3.21. The van der Waals surface area contributed by atoms with Crippen molar-refractivity contribution in [2.75, 3.05) is 18.4 Å². The average molecular weight is 362 g/mol. The molecule has 1 aliphatic rings. The molecule has 1 aromatic rings. The largest absolute Gasteiger partial charge is 0.324 e. The molecule has 0 unspecified atom stereocenters. The number of nitrogens with one attached hydrogen (secondary N) is 2. The molecule has 1 saturated carbocycles. The summed E-state index contributed by atoms with van der Waals surface area (Å²) in [5, 5.41) is 10.8. The standard InChI is InChI=1S/C12H16BrN3O3S/c13-10-5-9(20(14,18)19)3-4-11(10)16-12(17)7-15-6-8-1-2-8/h3-5,8,15H,1-2,6-7H2,(H,16,17)(H2,14,18,19). The van der Waals surface area contributed by atoms with Gasteiger partial charge in [-0.1, -0.05) is 0 Å². The van der Waals surface area contributed by atoms with Gasteiger partial charge in [-0.05, 0) is 59.4 Å². The lowest BCUT2D eigenvalue weighted by Gasteiger charge is -2.09. The highest BCUT2D eigenvalue weighted by Crippen LogP contribution is 2.27. The van der Waals surface area contributed by atoms with E-state index in [1.807, 2.05) is 0 Å². The molecule has 0 aromatic heterocycles. The van der Waals surface area contributed by atoms with E-state index in [1.165, 1.54) is 31.0 Å². The summed E-state index contributed by atoms with van der Waals surface area (Å²) in [7, 11) is -3.74. The number of halogens is 1. The van der Waals surface area contributed by atoms with Crippen LogP contribution in [0.2, 0.25) is 0 Å². The van der Waals surface area contributed by atoms with Crippen molar-refractivity contribution >= 4 is 37.5 Å². The minimum atomic E-state index is -3.74. The van der Waals surface area contributed by atoms with Gasteiger partial charge in [0.1, 0.15) is 0 Å². The van der Waals surface area contributed by atoms with Crippen molar-refractivity contribution in [2.45, 2.75) is 17.7 Å². The van der Waals surface area contributed by atoms with E-state index in [2.05, 4.69) is 26.6 Å². The van der Waals surface area contributed by atoms with Crippen molar-refractivity contribution in [3.63, 3.8) is 0 Å². The third-order valence-corrected chi connectivity index (χ3v) is 4.53. The maximum atomic E-state index is 11.7. The van der Waals surface area contributed by atoms with Crippen LogP contribution in [-0.4, -0.2) is 27.4 Å². The Balaban J connectivity index is 1.93. The quantitative estimate of drug-likeness (QED) is 0.704. The number of carbonyl (C=O) groups excluding carboxylic acids is 1. The number of nitrogens with two attached hydrogens (primary N) is 1. The number of benzene rings is 1. The Morgan fingerprint density at radius 1 is 1.40 bits per heavy atom. The van der Waals surface area contributed by atoms with E-state index in [0.29, 0.717) is 16.1 Å².